The van der Waals surface area contributed by atoms with Crippen LogP contribution in [-0.4, -0.2) is 72.0 Å². The van der Waals surface area contributed by atoms with E-state index in [0.29, 0.717) is 33.2 Å². The van der Waals surface area contributed by atoms with Crippen molar-refractivity contribution in [1.29, 1.82) is 5.41 Å². The summed E-state index contributed by atoms with van der Waals surface area (Å²) in [5.41, 5.74) is 4.13. The number of halogens is 1. The Kier molecular flexibility index (Phi) is 8.02. The number of benzene rings is 1. The molecule has 0 bridgehead atoms. The predicted octanol–water partition coefficient (Wildman–Crippen LogP) is 5.08. The number of nitrogens with one attached hydrogen (secondary N) is 1. The lowest BCUT2D eigenvalue weighted by Gasteiger charge is -2.38. The van der Waals surface area contributed by atoms with Gasteiger partial charge in [-0.3, -0.25) is 4.79 Å². The summed E-state index contributed by atoms with van der Waals surface area (Å²) >= 11 is 2.18. The molecule has 0 saturated carbocycles. The fraction of sp³-hybridized carbons (Fsp3) is 0.536. The van der Waals surface area contributed by atoms with Gasteiger partial charge in [-0.25, -0.2) is 15.0 Å². The lowest BCUT2D eigenvalue weighted by atomic mass is 9.74. The van der Waals surface area contributed by atoms with E-state index < -0.39 is 0 Å². The van der Waals surface area contributed by atoms with Crippen LogP contribution in [0, 0.1) is 15.0 Å². The number of likely N-dealkylation sites (tertiary alicyclic amines) is 1. The van der Waals surface area contributed by atoms with Gasteiger partial charge in [0.15, 0.2) is 11.6 Å². The predicted molar refractivity (Wildman–Crippen MR) is 155 cm³/mol. The molecule has 4 heterocycles. The molecule has 37 heavy (non-hydrogen) atoms. The van der Waals surface area contributed by atoms with Gasteiger partial charge in [0.1, 0.15) is 15.7 Å². The van der Waals surface area contributed by atoms with E-state index in [1.165, 1.54) is 11.3 Å². The number of Topliss-reactive ketones (excluding diaryl/α,β-unsaturated/α-hetero) is 1. The summed E-state index contributed by atoms with van der Waals surface area (Å²) in [4.78, 5) is 31.6. The minimum absolute atomic E-state index is 0.0879. The number of aliphatic imine (C=N–C) groups is 1. The number of ether oxygens (including phenoxy) is 1. The molecule has 196 valence electrons. The molecule has 0 aliphatic carbocycles. The van der Waals surface area contributed by atoms with Gasteiger partial charge >= 0.3 is 0 Å². The van der Waals surface area contributed by atoms with Crippen molar-refractivity contribution in [2.45, 2.75) is 50.9 Å². The van der Waals surface area contributed by atoms with Crippen molar-refractivity contribution in [3.05, 3.63) is 39.9 Å². The third-order valence-electron chi connectivity index (χ3n) is 8.12. The Balaban J connectivity index is 1.39. The Bertz CT molecular complexity index is 1200. The summed E-state index contributed by atoms with van der Waals surface area (Å²) in [6.07, 6.45) is 6.47. The number of rotatable bonds is 7. The highest BCUT2D eigenvalue weighted by molar-refractivity contribution is 14.1. The highest BCUT2D eigenvalue weighted by Crippen LogP contribution is 2.50. The van der Waals surface area contributed by atoms with Crippen LogP contribution in [0.1, 0.15) is 51.0 Å². The summed E-state index contributed by atoms with van der Waals surface area (Å²) in [6.45, 7) is 6.23. The number of anilines is 2. The smallest absolute Gasteiger partial charge is 0.182 e. The molecule has 9 heteroatoms. The maximum Gasteiger partial charge on any atom is 0.182 e. The second kappa shape index (κ2) is 11.2. The summed E-state index contributed by atoms with van der Waals surface area (Å²) in [5.74, 6) is 1.06. The maximum atomic E-state index is 13.1. The highest BCUT2D eigenvalue weighted by atomic mass is 127. The third-order valence-corrected chi connectivity index (χ3v) is 8.91. The zero-order valence-corrected chi connectivity index (χ0v) is 23.8. The molecule has 0 atom stereocenters. The van der Waals surface area contributed by atoms with Crippen molar-refractivity contribution in [1.82, 2.24) is 14.9 Å². The first-order chi connectivity index (χ1) is 17.9. The third kappa shape index (κ3) is 5.63. The summed E-state index contributed by atoms with van der Waals surface area (Å²) < 4.78 is 6.14. The first-order valence-corrected chi connectivity index (χ1v) is 14.2. The van der Waals surface area contributed by atoms with Crippen molar-refractivity contribution in [2.75, 3.05) is 44.8 Å². The first-order valence-electron chi connectivity index (χ1n) is 13.1. The minimum Gasteiger partial charge on any atom is -0.381 e. The number of para-hydroxylation sites is 1. The standard InChI is InChI=1S/C28H35IN6O2/c1-19(24(36)16-21(30)15-20-7-13-37-14-8-20)33-25-26(29)31-18-32-27(25)35-17-28(9-11-34(2)12-10-28)22-5-3-4-6-23(22)35/h3-6,18,20,30H,7-17H2,1-2H3/b30-21?,33-19+. The number of nitrogens with zero attached hydrogens (tertiary/aromatic N) is 5. The second-order valence-corrected chi connectivity index (χ2v) is 11.7. The van der Waals surface area contributed by atoms with E-state index in [1.54, 1.807) is 13.3 Å². The van der Waals surface area contributed by atoms with E-state index in [0.717, 1.165) is 64.3 Å². The average molecular weight is 615 g/mol. The molecule has 2 saturated heterocycles. The molecule has 0 radical (unpaired) electrons. The normalized spacial score (nSPS) is 20.3. The molecule has 1 aromatic heterocycles. The molecule has 3 aliphatic heterocycles. The molecular weight excluding hydrogens is 579 g/mol. The van der Waals surface area contributed by atoms with Crippen molar-refractivity contribution >= 4 is 57.0 Å². The molecule has 0 unspecified atom stereocenters. The first kappa shape index (κ1) is 26.4. The van der Waals surface area contributed by atoms with Crippen LogP contribution in [0.2, 0.25) is 0 Å². The van der Waals surface area contributed by atoms with Crippen molar-refractivity contribution in [3.8, 4) is 0 Å². The highest BCUT2D eigenvalue weighted by Gasteiger charge is 2.45. The van der Waals surface area contributed by atoms with Crippen LogP contribution < -0.4 is 4.90 Å². The molecule has 1 aromatic carbocycles. The summed E-state index contributed by atoms with van der Waals surface area (Å²) in [5, 5.41) is 8.40. The Labute approximate surface area is 232 Å². The topological polar surface area (TPSA) is 94.8 Å². The van der Waals surface area contributed by atoms with E-state index in [1.807, 2.05) is 0 Å². The van der Waals surface area contributed by atoms with E-state index in [4.69, 9.17) is 20.1 Å². The van der Waals surface area contributed by atoms with Crippen LogP contribution >= 0.6 is 22.6 Å². The van der Waals surface area contributed by atoms with Gasteiger partial charge in [-0.15, -0.1) is 0 Å². The van der Waals surface area contributed by atoms with Gasteiger partial charge in [0.25, 0.3) is 0 Å². The van der Waals surface area contributed by atoms with Gasteiger partial charge < -0.3 is 19.9 Å². The van der Waals surface area contributed by atoms with Gasteiger partial charge in [0, 0.05) is 36.6 Å². The molecular formula is C28H35IN6O2. The molecule has 3 aliphatic rings. The van der Waals surface area contributed by atoms with Crippen LogP contribution in [0.5, 0.6) is 0 Å². The Morgan fingerprint density at radius 3 is 2.70 bits per heavy atom. The van der Waals surface area contributed by atoms with Crippen LogP contribution in [0.4, 0.5) is 17.2 Å². The van der Waals surface area contributed by atoms with E-state index >= 15 is 0 Å². The van der Waals surface area contributed by atoms with Crippen molar-refractivity contribution in [2.24, 2.45) is 10.9 Å². The number of carbonyl (C=O) groups excluding carboxylic acids is 1. The second-order valence-electron chi connectivity index (χ2n) is 10.7. The zero-order valence-electron chi connectivity index (χ0n) is 21.7. The fourth-order valence-corrected chi connectivity index (χ4v) is 6.35. The SMILES string of the molecule is C/C(=N\c1c(I)ncnc1N1CC2(CCN(C)CC2)c2ccccc21)C(=O)CC(=N)CC1CCOCC1. The minimum atomic E-state index is -0.115. The summed E-state index contributed by atoms with van der Waals surface area (Å²) in [7, 11) is 2.19. The maximum absolute atomic E-state index is 13.1. The molecule has 2 fully saturated rings. The number of piperidine rings is 1. The lowest BCUT2D eigenvalue weighted by molar-refractivity contribution is -0.112. The Morgan fingerprint density at radius 1 is 1.22 bits per heavy atom. The number of ketones is 1. The number of fused-ring (bicyclic) bond motifs is 2. The Morgan fingerprint density at radius 2 is 1.95 bits per heavy atom. The number of hydrogen-bond donors (Lipinski definition) is 1. The van der Waals surface area contributed by atoms with Crippen LogP contribution in [-0.2, 0) is 14.9 Å². The molecule has 8 nitrogen and oxygen atoms in total. The van der Waals surface area contributed by atoms with Crippen molar-refractivity contribution < 1.29 is 9.53 Å². The number of carbonyl (C=O) groups is 1. The lowest BCUT2D eigenvalue weighted by Crippen LogP contribution is -2.43. The van der Waals surface area contributed by atoms with Crippen LogP contribution in [0.3, 0.4) is 0 Å². The quantitative estimate of drug-likeness (QED) is 0.266. The van der Waals surface area contributed by atoms with E-state index in [2.05, 4.69) is 68.7 Å². The average Bonchev–Trinajstić information content (AvgIpc) is 3.21. The van der Waals surface area contributed by atoms with Crippen LogP contribution in [0.15, 0.2) is 35.6 Å². The zero-order chi connectivity index (χ0) is 26.0. The van der Waals surface area contributed by atoms with Crippen LogP contribution in [0.25, 0.3) is 0 Å². The van der Waals surface area contributed by atoms with Crippen molar-refractivity contribution in [3.63, 3.8) is 0 Å². The number of hydrogen-bond acceptors (Lipinski definition) is 8. The molecule has 1 N–H and O–H groups in total. The van der Waals surface area contributed by atoms with Gasteiger partial charge in [0.2, 0.25) is 0 Å². The molecule has 0 amide bonds. The monoisotopic (exact) mass is 614 g/mol. The molecule has 5 rings (SSSR count). The van der Waals surface area contributed by atoms with E-state index in [-0.39, 0.29) is 17.6 Å². The van der Waals surface area contributed by atoms with Gasteiger partial charge in [-0.1, -0.05) is 18.2 Å². The van der Waals surface area contributed by atoms with Gasteiger partial charge in [-0.2, -0.15) is 0 Å². The molecule has 1 spiro atoms. The summed E-state index contributed by atoms with van der Waals surface area (Å²) in [6, 6.07) is 8.63. The fourth-order valence-electron chi connectivity index (χ4n) is 5.86. The molecule has 2 aromatic rings. The van der Waals surface area contributed by atoms with E-state index in [9.17, 15) is 4.79 Å². The largest absolute Gasteiger partial charge is 0.381 e. The Hall–Kier alpha value is -2.24. The van der Waals surface area contributed by atoms with Gasteiger partial charge in [-0.05, 0) is 99.3 Å². The van der Waals surface area contributed by atoms with Gasteiger partial charge in [0.05, 0.1) is 12.1 Å². The number of aromatic nitrogens is 2.